The zero-order valence-electron chi connectivity index (χ0n) is 10.6. The molecule has 0 saturated heterocycles. The Kier molecular flexibility index (Phi) is 3.62. The second-order valence-electron chi connectivity index (χ2n) is 4.64. The first-order valence-electron chi connectivity index (χ1n) is 5.93. The number of aromatic carboxylic acids is 1. The van der Waals surface area contributed by atoms with E-state index < -0.39 is 5.97 Å². The number of carbonyl (C=O) groups is 1. The fourth-order valence-corrected chi connectivity index (χ4v) is 1.95. The smallest absolute Gasteiger partial charge is 0.335 e. The maximum absolute atomic E-state index is 10.9. The van der Waals surface area contributed by atoms with Gasteiger partial charge in [0.1, 0.15) is 0 Å². The van der Waals surface area contributed by atoms with Gasteiger partial charge in [-0.1, -0.05) is 0 Å². The van der Waals surface area contributed by atoms with Crippen LogP contribution in [-0.4, -0.2) is 46.8 Å². The summed E-state index contributed by atoms with van der Waals surface area (Å²) < 4.78 is 0. The molecule has 2 rings (SSSR count). The summed E-state index contributed by atoms with van der Waals surface area (Å²) in [5.41, 5.74) is 2.13. The number of carboxylic acid groups (broad SMARTS) is 1. The molecular weight excluding hydrogens is 230 g/mol. The maximum Gasteiger partial charge on any atom is 0.335 e. The highest BCUT2D eigenvalue weighted by atomic mass is 16.4. The van der Waals surface area contributed by atoms with E-state index in [2.05, 4.69) is 15.1 Å². The summed E-state index contributed by atoms with van der Waals surface area (Å²) in [5, 5.41) is 17.1. The Morgan fingerprint density at radius 1 is 1.44 bits per heavy atom. The Labute approximate surface area is 105 Å². The van der Waals surface area contributed by atoms with Gasteiger partial charge in [-0.05, 0) is 51.7 Å². The van der Waals surface area contributed by atoms with Crippen molar-refractivity contribution in [1.82, 2.24) is 15.1 Å². The lowest BCUT2D eigenvalue weighted by Gasteiger charge is -2.07. The molecule has 5 nitrogen and oxygen atoms in total. The van der Waals surface area contributed by atoms with Crippen LogP contribution in [0.4, 0.5) is 0 Å². The zero-order chi connectivity index (χ0) is 13.1. The van der Waals surface area contributed by atoms with Crippen LogP contribution < -0.4 is 0 Å². The lowest BCUT2D eigenvalue weighted by Crippen LogP contribution is -2.13. The fourth-order valence-electron chi connectivity index (χ4n) is 1.95. The number of nitrogens with one attached hydrogen (secondary N) is 1. The van der Waals surface area contributed by atoms with Crippen LogP contribution in [0.15, 0.2) is 18.2 Å². The molecular formula is C13H17N3O2. The van der Waals surface area contributed by atoms with Crippen LogP contribution in [0, 0.1) is 0 Å². The minimum absolute atomic E-state index is 0.303. The van der Waals surface area contributed by atoms with Gasteiger partial charge >= 0.3 is 5.97 Å². The molecule has 0 saturated carbocycles. The molecule has 0 unspecified atom stereocenters. The quantitative estimate of drug-likeness (QED) is 0.844. The number of hydrogen-bond acceptors (Lipinski definition) is 3. The van der Waals surface area contributed by atoms with E-state index in [0.29, 0.717) is 5.56 Å². The molecule has 0 spiro atoms. The molecule has 0 amide bonds. The van der Waals surface area contributed by atoms with Gasteiger partial charge in [0.2, 0.25) is 0 Å². The van der Waals surface area contributed by atoms with Gasteiger partial charge in [0.15, 0.2) is 0 Å². The largest absolute Gasteiger partial charge is 0.478 e. The molecule has 0 fully saturated rings. The standard InChI is InChI=1S/C13H17N3O2/c1-16(2)7-3-4-11-10-8-9(13(17)18)5-6-12(10)15-14-11/h5-6,8H,3-4,7H2,1-2H3,(H,14,15)(H,17,18). The lowest BCUT2D eigenvalue weighted by molar-refractivity contribution is 0.0697. The van der Waals surface area contributed by atoms with Crippen molar-refractivity contribution in [2.24, 2.45) is 0 Å². The molecule has 0 atom stereocenters. The Bertz CT molecular complexity index is 560. The third-order valence-electron chi connectivity index (χ3n) is 2.91. The van der Waals surface area contributed by atoms with E-state index in [9.17, 15) is 4.79 Å². The van der Waals surface area contributed by atoms with Crippen LogP contribution in [0.25, 0.3) is 10.9 Å². The van der Waals surface area contributed by atoms with Gasteiger partial charge in [-0.3, -0.25) is 5.10 Å². The molecule has 0 radical (unpaired) electrons. The van der Waals surface area contributed by atoms with Crippen molar-refractivity contribution in [2.45, 2.75) is 12.8 Å². The second-order valence-corrected chi connectivity index (χ2v) is 4.64. The number of fused-ring (bicyclic) bond motifs is 1. The number of nitrogens with zero attached hydrogens (tertiary/aromatic N) is 2. The van der Waals surface area contributed by atoms with Gasteiger partial charge in [0.25, 0.3) is 0 Å². The molecule has 1 aromatic carbocycles. The predicted molar refractivity (Wildman–Crippen MR) is 69.9 cm³/mol. The summed E-state index contributed by atoms with van der Waals surface area (Å²) in [6, 6.07) is 5.04. The minimum atomic E-state index is -0.905. The summed E-state index contributed by atoms with van der Waals surface area (Å²) >= 11 is 0. The SMILES string of the molecule is CN(C)CCCc1n[nH]c2ccc(C(=O)O)cc12. The molecule has 1 aromatic heterocycles. The van der Waals surface area contributed by atoms with Gasteiger partial charge in [-0.15, -0.1) is 0 Å². The number of aromatic nitrogens is 2. The van der Waals surface area contributed by atoms with Crippen LogP contribution in [0.3, 0.4) is 0 Å². The second kappa shape index (κ2) is 5.18. The lowest BCUT2D eigenvalue weighted by atomic mass is 10.1. The van der Waals surface area contributed by atoms with Crippen molar-refractivity contribution >= 4 is 16.9 Å². The van der Waals surface area contributed by atoms with Gasteiger partial charge in [0, 0.05) is 5.39 Å². The highest BCUT2D eigenvalue weighted by Gasteiger charge is 2.09. The zero-order valence-corrected chi connectivity index (χ0v) is 10.6. The van der Waals surface area contributed by atoms with Gasteiger partial charge in [0.05, 0.1) is 16.8 Å². The molecule has 0 bridgehead atoms. The van der Waals surface area contributed by atoms with Crippen molar-refractivity contribution in [3.05, 3.63) is 29.5 Å². The van der Waals surface area contributed by atoms with Crippen LogP contribution >= 0.6 is 0 Å². The van der Waals surface area contributed by atoms with E-state index in [1.54, 1.807) is 18.2 Å². The Hall–Kier alpha value is -1.88. The van der Waals surface area contributed by atoms with Gasteiger partial charge < -0.3 is 10.0 Å². The van der Waals surface area contributed by atoms with Crippen LogP contribution in [0.1, 0.15) is 22.5 Å². The highest BCUT2D eigenvalue weighted by molar-refractivity contribution is 5.94. The minimum Gasteiger partial charge on any atom is -0.478 e. The normalized spacial score (nSPS) is 11.3. The first-order chi connectivity index (χ1) is 8.58. The van der Waals surface area contributed by atoms with Gasteiger partial charge in [-0.25, -0.2) is 4.79 Å². The summed E-state index contributed by atoms with van der Waals surface area (Å²) in [6.07, 6.45) is 1.85. The van der Waals surface area contributed by atoms with Crippen LogP contribution in [-0.2, 0) is 6.42 Å². The molecule has 2 N–H and O–H groups in total. The molecule has 0 aliphatic heterocycles. The molecule has 0 aliphatic carbocycles. The number of aryl methyl sites for hydroxylation is 1. The monoisotopic (exact) mass is 247 g/mol. The average molecular weight is 247 g/mol. The number of aromatic amines is 1. The van der Waals surface area contributed by atoms with E-state index in [0.717, 1.165) is 36.0 Å². The molecule has 18 heavy (non-hydrogen) atoms. The predicted octanol–water partition coefficient (Wildman–Crippen LogP) is 1.76. The van der Waals surface area contributed by atoms with E-state index in [-0.39, 0.29) is 0 Å². The number of H-pyrrole nitrogens is 1. The molecule has 5 heteroatoms. The molecule has 0 aliphatic rings. The molecule has 1 heterocycles. The van der Waals surface area contributed by atoms with E-state index >= 15 is 0 Å². The van der Waals surface area contributed by atoms with Crippen molar-refractivity contribution in [3.63, 3.8) is 0 Å². The maximum atomic E-state index is 10.9. The van der Waals surface area contributed by atoms with Gasteiger partial charge in [-0.2, -0.15) is 5.10 Å². The third-order valence-corrected chi connectivity index (χ3v) is 2.91. The van der Waals surface area contributed by atoms with Crippen molar-refractivity contribution in [3.8, 4) is 0 Å². The fraction of sp³-hybridized carbons (Fsp3) is 0.385. The Balaban J connectivity index is 2.22. The summed E-state index contributed by atoms with van der Waals surface area (Å²) in [7, 11) is 4.07. The number of rotatable bonds is 5. The number of hydrogen-bond donors (Lipinski definition) is 2. The summed E-state index contributed by atoms with van der Waals surface area (Å²) in [6.45, 7) is 0.993. The molecule has 96 valence electrons. The van der Waals surface area contributed by atoms with Crippen molar-refractivity contribution in [2.75, 3.05) is 20.6 Å². The first-order valence-corrected chi connectivity index (χ1v) is 5.93. The highest BCUT2D eigenvalue weighted by Crippen LogP contribution is 2.19. The van der Waals surface area contributed by atoms with E-state index in [1.807, 2.05) is 14.1 Å². The number of carboxylic acids is 1. The van der Waals surface area contributed by atoms with E-state index in [1.165, 1.54) is 0 Å². The summed E-state index contributed by atoms with van der Waals surface area (Å²) in [5.74, 6) is -0.905. The van der Waals surface area contributed by atoms with Crippen molar-refractivity contribution < 1.29 is 9.90 Å². The van der Waals surface area contributed by atoms with Crippen molar-refractivity contribution in [1.29, 1.82) is 0 Å². The third kappa shape index (κ3) is 2.68. The Morgan fingerprint density at radius 2 is 2.22 bits per heavy atom. The van der Waals surface area contributed by atoms with E-state index in [4.69, 9.17) is 5.11 Å². The average Bonchev–Trinajstić information content (AvgIpc) is 2.71. The molecule has 2 aromatic rings. The van der Waals surface area contributed by atoms with Crippen LogP contribution in [0.5, 0.6) is 0 Å². The summed E-state index contributed by atoms with van der Waals surface area (Å²) in [4.78, 5) is 13.1. The van der Waals surface area contributed by atoms with Crippen LogP contribution in [0.2, 0.25) is 0 Å². The Morgan fingerprint density at radius 3 is 2.89 bits per heavy atom. The first kappa shape index (κ1) is 12.6. The topological polar surface area (TPSA) is 69.2 Å². The number of benzene rings is 1.